The van der Waals surface area contributed by atoms with Gasteiger partial charge in [-0.2, -0.15) is 4.72 Å². The molecule has 10 nitrogen and oxygen atoms in total. The topological polar surface area (TPSA) is 126 Å². The Kier molecular flexibility index (Phi) is 11.5. The minimum Gasteiger partial charge on any atom is -0.392 e. The van der Waals surface area contributed by atoms with Gasteiger partial charge >= 0.3 is 0 Å². The van der Waals surface area contributed by atoms with E-state index in [1.165, 1.54) is 12.1 Å². The summed E-state index contributed by atoms with van der Waals surface area (Å²) in [6.45, 7) is 5.62. The fraction of sp³-hybridized carbons (Fsp3) is 0.342. The molecule has 49 heavy (non-hydrogen) atoms. The molecule has 4 aromatic carbocycles. The van der Waals surface area contributed by atoms with Crippen molar-refractivity contribution in [2.45, 2.75) is 55.8 Å². The SMILES string of the molecule is Cc1ccc(S(=O)(=O)N[C@H](Cc2ccccc2)C(=O)Nc2cccc([C@H]3O[C@@H](CN4CCOCC4)C[C@@H](c4ccc(CO)cc4)O3)c2)cc1. The van der Waals surface area contributed by atoms with Gasteiger partial charge in [0, 0.05) is 37.3 Å². The van der Waals surface area contributed by atoms with Crippen molar-refractivity contribution >= 4 is 21.6 Å². The number of nitrogens with zero attached hydrogens (tertiary/aromatic N) is 1. The van der Waals surface area contributed by atoms with Gasteiger partial charge in [0.15, 0.2) is 6.29 Å². The van der Waals surface area contributed by atoms with Crippen LogP contribution in [0.5, 0.6) is 0 Å². The normalized spacial score (nSPS) is 20.8. The number of ether oxygens (including phenoxy) is 3. The molecular formula is C38H43N3O7S. The van der Waals surface area contributed by atoms with E-state index in [1.54, 1.807) is 24.3 Å². The summed E-state index contributed by atoms with van der Waals surface area (Å²) >= 11 is 0. The third kappa shape index (κ3) is 9.40. The zero-order valence-corrected chi connectivity index (χ0v) is 28.3. The molecule has 0 bridgehead atoms. The highest BCUT2D eigenvalue weighted by Crippen LogP contribution is 2.38. The number of hydrogen-bond acceptors (Lipinski definition) is 8. The van der Waals surface area contributed by atoms with Crippen molar-refractivity contribution in [2.24, 2.45) is 0 Å². The van der Waals surface area contributed by atoms with E-state index in [9.17, 15) is 18.3 Å². The average Bonchev–Trinajstić information content (AvgIpc) is 3.12. The lowest BCUT2D eigenvalue weighted by Gasteiger charge is -2.39. The Balaban J connectivity index is 1.21. The number of morpholine rings is 1. The second kappa shape index (κ2) is 16.2. The second-order valence-corrected chi connectivity index (χ2v) is 14.3. The van der Waals surface area contributed by atoms with Crippen LogP contribution in [0.3, 0.4) is 0 Å². The summed E-state index contributed by atoms with van der Waals surface area (Å²) in [7, 11) is -3.99. The van der Waals surface area contributed by atoms with Crippen LogP contribution in [-0.2, 0) is 42.1 Å². The molecular weight excluding hydrogens is 642 g/mol. The molecule has 258 valence electrons. The molecule has 2 fully saturated rings. The Hall–Kier alpha value is -3.94. The Bertz CT molecular complexity index is 1780. The van der Waals surface area contributed by atoms with E-state index >= 15 is 0 Å². The molecule has 2 saturated heterocycles. The van der Waals surface area contributed by atoms with Gasteiger partial charge in [0.2, 0.25) is 15.9 Å². The molecule has 0 radical (unpaired) electrons. The number of benzene rings is 4. The lowest BCUT2D eigenvalue weighted by atomic mass is 9.99. The van der Waals surface area contributed by atoms with Crippen molar-refractivity contribution in [2.75, 3.05) is 38.2 Å². The second-order valence-electron chi connectivity index (χ2n) is 12.6. The fourth-order valence-electron chi connectivity index (χ4n) is 6.11. The quantitative estimate of drug-likeness (QED) is 0.193. The number of rotatable bonds is 12. The first-order valence-corrected chi connectivity index (χ1v) is 18.1. The zero-order valence-electron chi connectivity index (χ0n) is 27.5. The van der Waals surface area contributed by atoms with E-state index in [1.807, 2.05) is 73.7 Å². The molecule has 4 atom stereocenters. The summed E-state index contributed by atoms with van der Waals surface area (Å²) in [6.07, 6.45) is -0.261. The Morgan fingerprint density at radius 1 is 0.878 bits per heavy atom. The largest absolute Gasteiger partial charge is 0.392 e. The number of sulfonamides is 1. The number of carbonyl (C=O) groups excluding carboxylic acids is 1. The molecule has 6 rings (SSSR count). The number of anilines is 1. The number of aryl methyl sites for hydroxylation is 1. The summed E-state index contributed by atoms with van der Waals surface area (Å²) in [5.74, 6) is -0.491. The molecule has 4 aromatic rings. The molecule has 0 spiro atoms. The summed E-state index contributed by atoms with van der Waals surface area (Å²) < 4.78 is 48.0. The van der Waals surface area contributed by atoms with Crippen LogP contribution in [0.2, 0.25) is 0 Å². The smallest absolute Gasteiger partial charge is 0.242 e. The van der Waals surface area contributed by atoms with Gasteiger partial charge in [-0.3, -0.25) is 9.69 Å². The van der Waals surface area contributed by atoms with E-state index in [2.05, 4.69) is 14.9 Å². The van der Waals surface area contributed by atoms with Gasteiger partial charge in [0.1, 0.15) is 6.04 Å². The number of aliphatic hydroxyl groups excluding tert-OH is 1. The number of carbonyl (C=O) groups is 1. The van der Waals surface area contributed by atoms with Crippen LogP contribution in [0.15, 0.2) is 108 Å². The highest BCUT2D eigenvalue weighted by molar-refractivity contribution is 7.89. The number of amides is 1. The maximum atomic E-state index is 13.8. The van der Waals surface area contributed by atoms with Crippen molar-refractivity contribution in [3.8, 4) is 0 Å². The van der Waals surface area contributed by atoms with Gasteiger partial charge in [-0.15, -0.1) is 0 Å². The number of aliphatic hydroxyl groups is 1. The molecule has 0 aliphatic carbocycles. The Morgan fingerprint density at radius 3 is 2.33 bits per heavy atom. The summed E-state index contributed by atoms with van der Waals surface area (Å²) in [5.41, 5.74) is 4.78. The van der Waals surface area contributed by atoms with Crippen LogP contribution in [0, 0.1) is 6.92 Å². The average molecular weight is 686 g/mol. The molecule has 2 heterocycles. The van der Waals surface area contributed by atoms with Crippen molar-refractivity contribution in [1.82, 2.24) is 9.62 Å². The lowest BCUT2D eigenvalue weighted by Crippen LogP contribution is -2.45. The van der Waals surface area contributed by atoms with Gasteiger partial charge in [-0.1, -0.05) is 84.4 Å². The Labute approximate surface area is 288 Å². The van der Waals surface area contributed by atoms with E-state index in [4.69, 9.17) is 14.2 Å². The number of nitrogens with one attached hydrogen (secondary N) is 2. The van der Waals surface area contributed by atoms with E-state index in [0.29, 0.717) is 25.3 Å². The van der Waals surface area contributed by atoms with Crippen molar-refractivity contribution in [3.05, 3.63) is 131 Å². The molecule has 2 aliphatic heterocycles. The van der Waals surface area contributed by atoms with Crippen LogP contribution in [0.4, 0.5) is 5.69 Å². The Morgan fingerprint density at radius 2 is 1.61 bits per heavy atom. The van der Waals surface area contributed by atoms with Crippen LogP contribution < -0.4 is 10.0 Å². The minimum absolute atomic E-state index is 0.0324. The predicted molar refractivity (Wildman–Crippen MR) is 186 cm³/mol. The minimum atomic E-state index is -3.99. The number of hydrogen-bond donors (Lipinski definition) is 3. The van der Waals surface area contributed by atoms with Crippen molar-refractivity contribution in [1.29, 1.82) is 0 Å². The molecule has 0 unspecified atom stereocenters. The zero-order chi connectivity index (χ0) is 34.2. The fourth-order valence-corrected chi connectivity index (χ4v) is 7.30. The van der Waals surface area contributed by atoms with Gasteiger partial charge in [-0.05, 0) is 54.3 Å². The van der Waals surface area contributed by atoms with Crippen LogP contribution >= 0.6 is 0 Å². The predicted octanol–water partition coefficient (Wildman–Crippen LogP) is 4.89. The highest BCUT2D eigenvalue weighted by Gasteiger charge is 2.34. The monoisotopic (exact) mass is 685 g/mol. The first-order chi connectivity index (χ1) is 23.8. The molecule has 1 amide bonds. The lowest BCUT2D eigenvalue weighted by molar-refractivity contribution is -0.253. The van der Waals surface area contributed by atoms with Gasteiger partial charge in [-0.25, -0.2) is 8.42 Å². The third-order valence-corrected chi connectivity index (χ3v) is 10.3. The standard InChI is InChI=1S/C38H43N3O7S/c1-27-10-16-34(17-11-27)49(44,45)40-35(22-28-6-3-2-4-7-28)37(43)39-32-9-5-8-31(23-32)38-47-33(25-41-18-20-46-21-19-41)24-36(48-38)30-14-12-29(26-42)13-15-30/h2-17,23,33,35-36,38,40,42H,18-22,24-26H2,1H3,(H,39,43)/t33-,35-,36+,38+/m1/s1. The van der Waals surface area contributed by atoms with Crippen molar-refractivity contribution < 1.29 is 32.5 Å². The molecule has 0 aromatic heterocycles. The van der Waals surface area contributed by atoms with E-state index < -0.39 is 28.3 Å². The summed E-state index contributed by atoms with van der Waals surface area (Å²) in [4.78, 5) is 16.2. The highest BCUT2D eigenvalue weighted by atomic mass is 32.2. The maximum absolute atomic E-state index is 13.8. The first kappa shape index (κ1) is 34.9. The van der Waals surface area contributed by atoms with E-state index in [-0.39, 0.29) is 30.1 Å². The van der Waals surface area contributed by atoms with E-state index in [0.717, 1.165) is 47.5 Å². The molecule has 2 aliphatic rings. The van der Waals surface area contributed by atoms with Gasteiger partial charge in [0.05, 0.1) is 36.9 Å². The van der Waals surface area contributed by atoms with Gasteiger partial charge < -0.3 is 24.6 Å². The molecule has 3 N–H and O–H groups in total. The third-order valence-electron chi connectivity index (χ3n) is 8.83. The van der Waals surface area contributed by atoms with Gasteiger partial charge in [0.25, 0.3) is 0 Å². The van der Waals surface area contributed by atoms with Crippen molar-refractivity contribution in [3.63, 3.8) is 0 Å². The summed E-state index contributed by atoms with van der Waals surface area (Å²) in [6, 6.07) is 29.8. The molecule has 0 saturated carbocycles. The van der Waals surface area contributed by atoms with Crippen LogP contribution in [-0.4, -0.2) is 69.3 Å². The summed E-state index contributed by atoms with van der Waals surface area (Å²) in [5, 5.41) is 12.5. The first-order valence-electron chi connectivity index (χ1n) is 16.6. The maximum Gasteiger partial charge on any atom is 0.242 e. The van der Waals surface area contributed by atoms with Crippen LogP contribution in [0.25, 0.3) is 0 Å². The van der Waals surface area contributed by atoms with Crippen LogP contribution in [0.1, 0.15) is 46.6 Å². The molecule has 11 heteroatoms.